The molecule has 0 aromatic heterocycles. The molecule has 0 aliphatic rings. The summed E-state index contributed by atoms with van der Waals surface area (Å²) in [6.07, 6.45) is 0. The highest BCUT2D eigenvalue weighted by molar-refractivity contribution is 7.99. The fraction of sp³-hybridized carbons (Fsp3) is 0.0769. The van der Waals surface area contributed by atoms with E-state index in [9.17, 15) is 13.2 Å². The number of hydrogen-bond acceptors (Lipinski definition) is 2. The second kappa shape index (κ2) is 5.46. The molecule has 0 bridgehead atoms. The van der Waals surface area contributed by atoms with Crippen LogP contribution in [0.5, 0.6) is 0 Å². The summed E-state index contributed by atoms with van der Waals surface area (Å²) in [5.41, 5.74) is 0.407. The molecular formula is C13H9F3OS. The first-order valence-corrected chi connectivity index (χ1v) is 5.94. The van der Waals surface area contributed by atoms with E-state index < -0.39 is 17.5 Å². The first-order chi connectivity index (χ1) is 8.61. The van der Waals surface area contributed by atoms with Crippen LogP contribution in [0.4, 0.5) is 13.2 Å². The van der Waals surface area contributed by atoms with Gasteiger partial charge in [-0.25, -0.2) is 13.2 Å². The van der Waals surface area contributed by atoms with E-state index in [0.717, 1.165) is 23.9 Å². The zero-order valence-electron chi connectivity index (χ0n) is 9.16. The zero-order chi connectivity index (χ0) is 13.1. The van der Waals surface area contributed by atoms with Crippen molar-refractivity contribution in [2.75, 3.05) is 0 Å². The molecule has 0 spiro atoms. The van der Waals surface area contributed by atoms with E-state index >= 15 is 0 Å². The van der Waals surface area contributed by atoms with E-state index in [1.165, 1.54) is 18.2 Å². The molecule has 0 radical (unpaired) electrons. The van der Waals surface area contributed by atoms with Crippen molar-refractivity contribution in [3.63, 3.8) is 0 Å². The molecule has 1 N–H and O–H groups in total. The lowest BCUT2D eigenvalue weighted by Crippen LogP contribution is -1.92. The largest absolute Gasteiger partial charge is 0.392 e. The summed E-state index contributed by atoms with van der Waals surface area (Å²) in [7, 11) is 0. The Balaban J connectivity index is 2.36. The first kappa shape index (κ1) is 13.0. The molecule has 0 saturated heterocycles. The molecule has 94 valence electrons. The van der Waals surface area contributed by atoms with Crippen molar-refractivity contribution in [3.05, 3.63) is 59.4 Å². The monoisotopic (exact) mass is 270 g/mol. The van der Waals surface area contributed by atoms with Crippen LogP contribution in [0.2, 0.25) is 0 Å². The van der Waals surface area contributed by atoms with E-state index in [-0.39, 0.29) is 11.5 Å². The third-order valence-corrected chi connectivity index (χ3v) is 3.48. The Morgan fingerprint density at radius 3 is 2.39 bits per heavy atom. The van der Waals surface area contributed by atoms with Gasteiger partial charge in [0.15, 0.2) is 11.6 Å². The first-order valence-electron chi connectivity index (χ1n) is 5.13. The summed E-state index contributed by atoms with van der Waals surface area (Å²) in [6, 6.07) is 7.64. The number of aliphatic hydroxyl groups excluding tert-OH is 1. The lowest BCUT2D eigenvalue weighted by atomic mass is 10.2. The predicted octanol–water partition coefficient (Wildman–Crippen LogP) is 3.75. The van der Waals surface area contributed by atoms with Gasteiger partial charge in [-0.05, 0) is 29.8 Å². The number of hydrogen-bond donors (Lipinski definition) is 1. The number of benzene rings is 2. The highest BCUT2D eigenvalue weighted by atomic mass is 32.2. The van der Waals surface area contributed by atoms with Gasteiger partial charge in [0.1, 0.15) is 5.82 Å². The molecule has 0 heterocycles. The molecule has 0 fully saturated rings. The number of halogens is 3. The predicted molar refractivity (Wildman–Crippen MR) is 62.8 cm³/mol. The van der Waals surface area contributed by atoms with Gasteiger partial charge in [0.25, 0.3) is 0 Å². The summed E-state index contributed by atoms with van der Waals surface area (Å²) >= 11 is 0.947. The van der Waals surface area contributed by atoms with Crippen LogP contribution < -0.4 is 0 Å². The van der Waals surface area contributed by atoms with E-state index in [1.807, 2.05) is 0 Å². The maximum absolute atomic E-state index is 13.6. The molecule has 0 aliphatic carbocycles. The molecule has 0 amide bonds. The van der Waals surface area contributed by atoms with Crippen LogP contribution in [0.3, 0.4) is 0 Å². The van der Waals surface area contributed by atoms with Crippen LogP contribution in [0.1, 0.15) is 5.56 Å². The van der Waals surface area contributed by atoms with Gasteiger partial charge in [0, 0.05) is 4.90 Å². The van der Waals surface area contributed by atoms with Gasteiger partial charge in [-0.15, -0.1) is 0 Å². The number of aliphatic hydroxyl groups is 1. The Morgan fingerprint density at radius 2 is 1.72 bits per heavy atom. The van der Waals surface area contributed by atoms with Gasteiger partial charge in [-0.2, -0.15) is 0 Å². The Labute approximate surface area is 106 Å². The highest BCUT2D eigenvalue weighted by Crippen LogP contribution is 2.33. The second-order valence-electron chi connectivity index (χ2n) is 3.56. The van der Waals surface area contributed by atoms with Crippen molar-refractivity contribution in [1.29, 1.82) is 0 Å². The summed E-state index contributed by atoms with van der Waals surface area (Å²) in [6.45, 7) is -0.316. The van der Waals surface area contributed by atoms with Gasteiger partial charge < -0.3 is 5.11 Å². The van der Waals surface area contributed by atoms with E-state index in [4.69, 9.17) is 5.11 Å². The van der Waals surface area contributed by atoms with Crippen LogP contribution in [0, 0.1) is 17.5 Å². The fourth-order valence-electron chi connectivity index (χ4n) is 1.45. The normalized spacial score (nSPS) is 10.7. The summed E-state index contributed by atoms with van der Waals surface area (Å²) in [5, 5.41) is 9.11. The lowest BCUT2D eigenvalue weighted by molar-refractivity contribution is 0.277. The summed E-state index contributed by atoms with van der Waals surface area (Å²) in [5.74, 6) is -2.44. The molecule has 2 aromatic carbocycles. The Hall–Kier alpha value is -1.46. The van der Waals surface area contributed by atoms with Crippen LogP contribution in [-0.2, 0) is 6.61 Å². The quantitative estimate of drug-likeness (QED) is 0.916. The standard InChI is InChI=1S/C13H9F3OS/c14-10-5-4-9(6-12(10)16)18-13-8(7-17)2-1-3-11(13)15/h1-6,17H,7H2. The summed E-state index contributed by atoms with van der Waals surface area (Å²) in [4.78, 5) is 0.583. The molecular weight excluding hydrogens is 261 g/mol. The van der Waals surface area contributed by atoms with Crippen LogP contribution >= 0.6 is 11.8 Å². The minimum atomic E-state index is -0.984. The molecule has 5 heteroatoms. The SMILES string of the molecule is OCc1cccc(F)c1Sc1ccc(F)c(F)c1. The van der Waals surface area contributed by atoms with Crippen molar-refractivity contribution in [1.82, 2.24) is 0 Å². The Morgan fingerprint density at radius 1 is 0.944 bits per heavy atom. The Kier molecular flexibility index (Phi) is 3.93. The zero-order valence-corrected chi connectivity index (χ0v) is 9.98. The van der Waals surface area contributed by atoms with Crippen LogP contribution in [-0.4, -0.2) is 5.11 Å². The van der Waals surface area contributed by atoms with Crippen LogP contribution in [0.25, 0.3) is 0 Å². The molecule has 18 heavy (non-hydrogen) atoms. The second-order valence-corrected chi connectivity index (χ2v) is 4.65. The van der Waals surface area contributed by atoms with Crippen molar-refractivity contribution < 1.29 is 18.3 Å². The number of rotatable bonds is 3. The van der Waals surface area contributed by atoms with Gasteiger partial charge in [-0.3, -0.25) is 0 Å². The van der Waals surface area contributed by atoms with Crippen molar-refractivity contribution in [3.8, 4) is 0 Å². The molecule has 0 aliphatic heterocycles. The van der Waals surface area contributed by atoms with Gasteiger partial charge >= 0.3 is 0 Å². The fourth-order valence-corrected chi connectivity index (χ4v) is 2.41. The third-order valence-electron chi connectivity index (χ3n) is 2.33. The molecule has 2 rings (SSSR count). The topological polar surface area (TPSA) is 20.2 Å². The average Bonchev–Trinajstić information content (AvgIpc) is 2.36. The molecule has 2 aromatic rings. The average molecular weight is 270 g/mol. The van der Waals surface area contributed by atoms with Crippen molar-refractivity contribution in [2.24, 2.45) is 0 Å². The van der Waals surface area contributed by atoms with Crippen LogP contribution in [0.15, 0.2) is 46.2 Å². The van der Waals surface area contributed by atoms with E-state index in [1.54, 1.807) is 6.07 Å². The maximum Gasteiger partial charge on any atom is 0.159 e. The summed E-state index contributed by atoms with van der Waals surface area (Å²) < 4.78 is 39.4. The van der Waals surface area contributed by atoms with E-state index in [0.29, 0.717) is 10.5 Å². The van der Waals surface area contributed by atoms with E-state index in [2.05, 4.69) is 0 Å². The molecule has 0 unspecified atom stereocenters. The maximum atomic E-state index is 13.6. The van der Waals surface area contributed by atoms with Gasteiger partial charge in [0.05, 0.1) is 11.5 Å². The van der Waals surface area contributed by atoms with Crippen molar-refractivity contribution in [2.45, 2.75) is 16.4 Å². The third kappa shape index (κ3) is 2.68. The molecule has 0 atom stereocenters. The minimum absolute atomic E-state index is 0.214. The molecule has 1 nitrogen and oxygen atoms in total. The van der Waals surface area contributed by atoms with Crippen molar-refractivity contribution >= 4 is 11.8 Å². The lowest BCUT2D eigenvalue weighted by Gasteiger charge is -2.08. The van der Waals surface area contributed by atoms with Gasteiger partial charge in [0.2, 0.25) is 0 Å². The molecule has 0 saturated carbocycles. The minimum Gasteiger partial charge on any atom is -0.392 e. The Bertz CT molecular complexity index is 572. The van der Waals surface area contributed by atoms with Gasteiger partial charge in [-0.1, -0.05) is 23.9 Å². The smallest absolute Gasteiger partial charge is 0.159 e. The highest BCUT2D eigenvalue weighted by Gasteiger charge is 2.11.